The van der Waals surface area contributed by atoms with Gasteiger partial charge in [0.05, 0.1) is 32.6 Å². The van der Waals surface area contributed by atoms with E-state index < -0.39 is 5.97 Å². The van der Waals surface area contributed by atoms with Gasteiger partial charge in [0.1, 0.15) is 11.5 Å². The smallest absolute Gasteiger partial charge is 0.343 e. The summed E-state index contributed by atoms with van der Waals surface area (Å²) in [6.07, 6.45) is 0. The first-order valence-electron chi connectivity index (χ1n) is 7.64. The van der Waals surface area contributed by atoms with Crippen molar-refractivity contribution < 1.29 is 33.3 Å². The highest BCUT2D eigenvalue weighted by Crippen LogP contribution is 2.38. The monoisotopic (exact) mass is 359 g/mol. The number of rotatable bonds is 5. The number of hydrogen-bond donors (Lipinski definition) is 1. The molecule has 0 unspecified atom stereocenters. The van der Waals surface area contributed by atoms with Gasteiger partial charge in [-0.3, -0.25) is 4.79 Å². The number of esters is 1. The van der Waals surface area contributed by atoms with Crippen molar-refractivity contribution in [2.45, 2.75) is 0 Å². The van der Waals surface area contributed by atoms with Crippen molar-refractivity contribution >= 4 is 17.6 Å². The number of fused-ring (bicyclic) bond motifs is 1. The van der Waals surface area contributed by atoms with E-state index in [1.807, 2.05) is 0 Å². The molecule has 1 aliphatic rings. The van der Waals surface area contributed by atoms with Crippen molar-refractivity contribution in [3.63, 3.8) is 0 Å². The molecule has 0 spiro atoms. The summed E-state index contributed by atoms with van der Waals surface area (Å²) in [7, 11) is 4.40. The lowest BCUT2D eigenvalue weighted by atomic mass is 10.2. The van der Waals surface area contributed by atoms with Gasteiger partial charge in [0, 0.05) is 6.07 Å². The lowest BCUT2D eigenvalue weighted by molar-refractivity contribution is -0.118. The molecule has 2 aromatic carbocycles. The molecule has 0 fully saturated rings. The average molecular weight is 359 g/mol. The number of benzene rings is 2. The molecule has 1 aliphatic heterocycles. The third-order valence-corrected chi connectivity index (χ3v) is 3.70. The predicted octanol–water partition coefficient (Wildman–Crippen LogP) is 2.26. The first-order chi connectivity index (χ1) is 12.5. The molecule has 0 saturated carbocycles. The van der Waals surface area contributed by atoms with Crippen LogP contribution in [0, 0.1) is 0 Å². The molecule has 0 radical (unpaired) electrons. The van der Waals surface area contributed by atoms with Crippen LogP contribution in [0.1, 0.15) is 10.4 Å². The zero-order valence-electron chi connectivity index (χ0n) is 14.5. The molecule has 26 heavy (non-hydrogen) atoms. The lowest BCUT2D eigenvalue weighted by Crippen LogP contribution is -2.25. The number of carbonyl (C=O) groups is 2. The molecular weight excluding hydrogens is 342 g/mol. The van der Waals surface area contributed by atoms with Gasteiger partial charge in [0.25, 0.3) is 5.91 Å². The predicted molar refractivity (Wildman–Crippen MR) is 91.6 cm³/mol. The van der Waals surface area contributed by atoms with Crippen LogP contribution in [-0.4, -0.2) is 39.8 Å². The summed E-state index contributed by atoms with van der Waals surface area (Å²) in [5.41, 5.74) is 0.750. The number of carbonyl (C=O) groups excluding carboxylic acids is 2. The van der Waals surface area contributed by atoms with Gasteiger partial charge < -0.3 is 29.0 Å². The number of hydrogen-bond acceptors (Lipinski definition) is 7. The zero-order valence-corrected chi connectivity index (χ0v) is 14.5. The minimum Gasteiger partial charge on any atom is -0.493 e. The Kier molecular flexibility index (Phi) is 4.83. The van der Waals surface area contributed by atoms with Gasteiger partial charge in [-0.2, -0.15) is 0 Å². The molecule has 1 heterocycles. The summed E-state index contributed by atoms with van der Waals surface area (Å²) in [6, 6.07) is 7.69. The highest BCUT2D eigenvalue weighted by molar-refractivity contribution is 5.96. The maximum absolute atomic E-state index is 12.5. The molecule has 8 heteroatoms. The summed E-state index contributed by atoms with van der Waals surface area (Å²) in [4.78, 5) is 23.8. The van der Waals surface area contributed by atoms with Crippen LogP contribution in [0.5, 0.6) is 28.7 Å². The minimum atomic E-state index is -0.607. The van der Waals surface area contributed by atoms with Crippen LogP contribution in [0.25, 0.3) is 0 Å². The van der Waals surface area contributed by atoms with E-state index in [1.54, 1.807) is 12.1 Å². The molecule has 8 nitrogen and oxygen atoms in total. The lowest BCUT2D eigenvalue weighted by Gasteiger charge is -2.18. The van der Waals surface area contributed by atoms with E-state index in [2.05, 4.69) is 5.32 Å². The Balaban J connectivity index is 1.85. The molecule has 0 bridgehead atoms. The third kappa shape index (κ3) is 3.34. The standard InChI is InChI=1S/C18H17NO7/c1-22-14-6-10(7-15(23-2)17(14)24-3)18(21)26-11-4-5-12-13(8-11)25-9-16(20)19-12/h4-8H,9H2,1-3H3,(H,19,20). The summed E-state index contributed by atoms with van der Waals surface area (Å²) >= 11 is 0. The van der Waals surface area contributed by atoms with Crippen molar-refractivity contribution in [2.75, 3.05) is 33.3 Å². The number of ether oxygens (including phenoxy) is 5. The Hall–Kier alpha value is -3.42. The van der Waals surface area contributed by atoms with Crippen LogP contribution in [0.3, 0.4) is 0 Å². The Bertz CT molecular complexity index is 838. The molecule has 1 N–H and O–H groups in total. The molecule has 0 aromatic heterocycles. The summed E-state index contributed by atoms with van der Waals surface area (Å²) in [6.45, 7) is -0.0860. The maximum Gasteiger partial charge on any atom is 0.343 e. The maximum atomic E-state index is 12.5. The van der Waals surface area contributed by atoms with E-state index in [-0.39, 0.29) is 23.8 Å². The van der Waals surface area contributed by atoms with Crippen molar-refractivity contribution in [1.29, 1.82) is 0 Å². The van der Waals surface area contributed by atoms with Crippen LogP contribution < -0.4 is 29.0 Å². The van der Waals surface area contributed by atoms with E-state index in [0.717, 1.165) is 0 Å². The second kappa shape index (κ2) is 7.22. The van der Waals surface area contributed by atoms with Gasteiger partial charge in [0.15, 0.2) is 18.1 Å². The van der Waals surface area contributed by atoms with Gasteiger partial charge in [-0.1, -0.05) is 0 Å². The van der Waals surface area contributed by atoms with Crippen molar-refractivity contribution in [2.24, 2.45) is 0 Å². The van der Waals surface area contributed by atoms with Crippen molar-refractivity contribution in [3.05, 3.63) is 35.9 Å². The Morgan fingerprint density at radius 1 is 1.04 bits per heavy atom. The minimum absolute atomic E-state index is 0.0860. The first-order valence-corrected chi connectivity index (χ1v) is 7.64. The summed E-state index contributed by atoms with van der Waals surface area (Å²) < 4.78 is 26.4. The summed E-state index contributed by atoms with van der Waals surface area (Å²) in [5.74, 6) is 0.928. The van der Waals surface area contributed by atoms with Crippen LogP contribution >= 0.6 is 0 Å². The molecule has 2 aromatic rings. The normalized spacial score (nSPS) is 12.3. The summed E-state index contributed by atoms with van der Waals surface area (Å²) in [5, 5.41) is 2.66. The Labute approximate surface area is 149 Å². The fraction of sp³-hybridized carbons (Fsp3) is 0.222. The quantitative estimate of drug-likeness (QED) is 0.647. The van der Waals surface area contributed by atoms with E-state index in [4.69, 9.17) is 23.7 Å². The van der Waals surface area contributed by atoms with Gasteiger partial charge in [-0.05, 0) is 24.3 Å². The van der Waals surface area contributed by atoms with E-state index in [9.17, 15) is 9.59 Å². The largest absolute Gasteiger partial charge is 0.493 e. The highest BCUT2D eigenvalue weighted by atomic mass is 16.5. The van der Waals surface area contributed by atoms with E-state index in [1.165, 1.54) is 39.5 Å². The molecule has 1 amide bonds. The van der Waals surface area contributed by atoms with Crippen LogP contribution in [0.15, 0.2) is 30.3 Å². The van der Waals surface area contributed by atoms with Gasteiger partial charge in [-0.15, -0.1) is 0 Å². The second-order valence-corrected chi connectivity index (χ2v) is 5.30. The average Bonchev–Trinajstić information content (AvgIpc) is 2.66. The van der Waals surface area contributed by atoms with Crippen LogP contribution in [-0.2, 0) is 4.79 Å². The molecule has 0 saturated heterocycles. The van der Waals surface area contributed by atoms with Gasteiger partial charge in [0.2, 0.25) is 5.75 Å². The van der Waals surface area contributed by atoms with Crippen LogP contribution in [0.2, 0.25) is 0 Å². The topological polar surface area (TPSA) is 92.3 Å². The van der Waals surface area contributed by atoms with Crippen molar-refractivity contribution in [1.82, 2.24) is 0 Å². The highest BCUT2D eigenvalue weighted by Gasteiger charge is 2.20. The number of anilines is 1. The zero-order chi connectivity index (χ0) is 18.7. The fourth-order valence-electron chi connectivity index (χ4n) is 2.48. The Morgan fingerprint density at radius 3 is 2.35 bits per heavy atom. The Morgan fingerprint density at radius 2 is 1.73 bits per heavy atom. The van der Waals surface area contributed by atoms with Gasteiger partial charge >= 0.3 is 5.97 Å². The first kappa shape index (κ1) is 17.4. The third-order valence-electron chi connectivity index (χ3n) is 3.70. The van der Waals surface area contributed by atoms with Crippen molar-refractivity contribution in [3.8, 4) is 28.7 Å². The van der Waals surface area contributed by atoms with Crippen LogP contribution in [0.4, 0.5) is 5.69 Å². The van der Waals surface area contributed by atoms with E-state index in [0.29, 0.717) is 28.7 Å². The number of amides is 1. The van der Waals surface area contributed by atoms with Gasteiger partial charge in [-0.25, -0.2) is 4.79 Å². The molecule has 3 rings (SSSR count). The fourth-order valence-corrected chi connectivity index (χ4v) is 2.48. The van der Waals surface area contributed by atoms with E-state index >= 15 is 0 Å². The second-order valence-electron chi connectivity index (χ2n) is 5.30. The SMILES string of the molecule is COc1cc(C(=O)Oc2ccc3c(c2)OCC(=O)N3)cc(OC)c1OC. The number of nitrogens with one attached hydrogen (secondary N) is 1. The molecular formula is C18H17NO7. The number of methoxy groups -OCH3 is 3. The molecule has 0 aliphatic carbocycles. The molecule has 136 valence electrons. The molecule has 0 atom stereocenters.